The lowest BCUT2D eigenvalue weighted by Gasteiger charge is -2.11. The maximum absolute atomic E-state index is 14.5. The highest BCUT2D eigenvalue weighted by Gasteiger charge is 2.16. The number of rotatable bonds is 13. The zero-order chi connectivity index (χ0) is 21.1. The fourth-order valence-electron chi connectivity index (χ4n) is 3.16. The van der Waals surface area contributed by atoms with E-state index in [2.05, 4.69) is 11.9 Å². The highest BCUT2D eigenvalue weighted by molar-refractivity contribution is 5.61. The van der Waals surface area contributed by atoms with E-state index >= 15 is 0 Å². The van der Waals surface area contributed by atoms with Crippen LogP contribution in [0.3, 0.4) is 0 Å². The minimum Gasteiger partial charge on any atom is -0.490 e. The Bertz CT molecular complexity index is 734. The second kappa shape index (κ2) is 12.5. The van der Waals surface area contributed by atoms with Gasteiger partial charge in [0.2, 0.25) is 5.82 Å². The molecule has 0 saturated carbocycles. The molecule has 0 radical (unpaired) electrons. The van der Waals surface area contributed by atoms with Crippen molar-refractivity contribution in [2.24, 2.45) is 0 Å². The van der Waals surface area contributed by atoms with E-state index in [1.807, 2.05) is 6.92 Å². The number of hydrogen-bond acceptors (Lipinski definition) is 2. The molecule has 1 aromatic carbocycles. The third kappa shape index (κ3) is 7.37. The molecule has 1 unspecified atom stereocenters. The van der Waals surface area contributed by atoms with Crippen molar-refractivity contribution in [3.8, 4) is 17.0 Å². The summed E-state index contributed by atoms with van der Waals surface area (Å²) in [5, 5.41) is 0. The van der Waals surface area contributed by atoms with Crippen molar-refractivity contribution in [3.63, 3.8) is 0 Å². The summed E-state index contributed by atoms with van der Waals surface area (Å²) in [6.07, 6.45) is 8.88. The van der Waals surface area contributed by atoms with E-state index in [1.165, 1.54) is 31.4 Å². The molecule has 0 aliphatic carbocycles. The summed E-state index contributed by atoms with van der Waals surface area (Å²) in [4.78, 5) is 4.23. The van der Waals surface area contributed by atoms with E-state index in [0.717, 1.165) is 24.8 Å². The average molecular weight is 408 g/mol. The summed E-state index contributed by atoms with van der Waals surface area (Å²) in [6.45, 7) is 4.36. The normalized spacial score (nSPS) is 12.2. The number of aryl methyl sites for hydroxylation is 1. The van der Waals surface area contributed by atoms with Gasteiger partial charge in [-0.3, -0.25) is 4.98 Å². The van der Waals surface area contributed by atoms with Gasteiger partial charge in [0.05, 0.1) is 12.3 Å². The molecule has 0 spiro atoms. The molecule has 0 amide bonds. The van der Waals surface area contributed by atoms with E-state index in [9.17, 15) is 13.2 Å². The molecule has 5 heteroatoms. The van der Waals surface area contributed by atoms with Gasteiger partial charge in [-0.15, -0.1) is 0 Å². The van der Waals surface area contributed by atoms with Crippen LogP contribution in [-0.2, 0) is 6.42 Å². The van der Waals surface area contributed by atoms with Crippen LogP contribution in [0, 0.1) is 11.6 Å². The quantitative estimate of drug-likeness (QED) is 0.322. The van der Waals surface area contributed by atoms with E-state index in [0.29, 0.717) is 31.6 Å². The van der Waals surface area contributed by atoms with Gasteiger partial charge in [0, 0.05) is 11.8 Å². The first kappa shape index (κ1) is 23.2. The van der Waals surface area contributed by atoms with Crippen molar-refractivity contribution in [2.75, 3.05) is 6.61 Å². The van der Waals surface area contributed by atoms with Crippen molar-refractivity contribution in [2.45, 2.75) is 77.8 Å². The van der Waals surface area contributed by atoms with Crippen LogP contribution in [0.15, 0.2) is 30.5 Å². The Balaban J connectivity index is 1.93. The molecule has 0 fully saturated rings. The molecule has 1 heterocycles. The number of hydrogen-bond donors (Lipinski definition) is 0. The van der Waals surface area contributed by atoms with Crippen molar-refractivity contribution in [1.29, 1.82) is 0 Å². The van der Waals surface area contributed by atoms with Crippen LogP contribution in [0.5, 0.6) is 5.75 Å². The first-order valence-corrected chi connectivity index (χ1v) is 10.8. The molecule has 1 aromatic heterocycles. The van der Waals surface area contributed by atoms with Gasteiger partial charge in [-0.2, -0.15) is 4.39 Å². The molecule has 2 rings (SSSR count). The smallest absolute Gasteiger partial charge is 0.201 e. The third-order valence-electron chi connectivity index (χ3n) is 5.09. The first-order valence-electron chi connectivity index (χ1n) is 10.8. The SMILES string of the molecule is CCCCCCCCOc1ccc(-c2ccc(CCC(F)CC)cn2)c(F)c1F. The maximum atomic E-state index is 14.5. The van der Waals surface area contributed by atoms with E-state index < -0.39 is 17.8 Å². The maximum Gasteiger partial charge on any atom is 0.201 e. The molecule has 0 aliphatic rings. The summed E-state index contributed by atoms with van der Waals surface area (Å²) < 4.78 is 47.7. The molecule has 0 bridgehead atoms. The second-order valence-electron chi connectivity index (χ2n) is 7.45. The lowest BCUT2D eigenvalue weighted by molar-refractivity contribution is 0.285. The largest absolute Gasteiger partial charge is 0.490 e. The van der Waals surface area contributed by atoms with E-state index in [1.54, 1.807) is 18.3 Å². The predicted octanol–water partition coefficient (Wildman–Crippen LogP) is 7.45. The monoisotopic (exact) mass is 407 g/mol. The number of nitrogens with zero attached hydrogens (tertiary/aromatic N) is 1. The van der Waals surface area contributed by atoms with Gasteiger partial charge in [0.15, 0.2) is 11.6 Å². The number of ether oxygens (including phenoxy) is 1. The molecular weight excluding hydrogens is 375 g/mol. The Hall–Kier alpha value is -2.04. The molecule has 29 heavy (non-hydrogen) atoms. The Morgan fingerprint density at radius 2 is 1.69 bits per heavy atom. The Morgan fingerprint density at radius 3 is 2.38 bits per heavy atom. The van der Waals surface area contributed by atoms with Gasteiger partial charge >= 0.3 is 0 Å². The number of alkyl halides is 1. The van der Waals surface area contributed by atoms with Gasteiger partial charge in [-0.1, -0.05) is 52.0 Å². The number of benzene rings is 1. The van der Waals surface area contributed by atoms with Crippen LogP contribution in [0.2, 0.25) is 0 Å². The summed E-state index contributed by atoms with van der Waals surface area (Å²) >= 11 is 0. The molecule has 1 atom stereocenters. The fourth-order valence-corrected chi connectivity index (χ4v) is 3.16. The lowest BCUT2D eigenvalue weighted by Crippen LogP contribution is -2.02. The fraction of sp³-hybridized carbons (Fsp3) is 0.542. The second-order valence-corrected chi connectivity index (χ2v) is 7.45. The average Bonchev–Trinajstić information content (AvgIpc) is 2.74. The number of halogens is 3. The van der Waals surface area contributed by atoms with Gasteiger partial charge in [-0.25, -0.2) is 8.78 Å². The van der Waals surface area contributed by atoms with E-state index in [-0.39, 0.29) is 11.3 Å². The Morgan fingerprint density at radius 1 is 0.931 bits per heavy atom. The predicted molar refractivity (Wildman–Crippen MR) is 112 cm³/mol. The summed E-state index contributed by atoms with van der Waals surface area (Å²) in [5.74, 6) is -2.01. The van der Waals surface area contributed by atoms with Crippen LogP contribution >= 0.6 is 0 Å². The van der Waals surface area contributed by atoms with Crippen LogP contribution in [-0.4, -0.2) is 17.8 Å². The highest BCUT2D eigenvalue weighted by Crippen LogP contribution is 2.29. The van der Waals surface area contributed by atoms with Crippen LogP contribution in [0.4, 0.5) is 13.2 Å². The first-order chi connectivity index (χ1) is 14.1. The van der Waals surface area contributed by atoms with Gasteiger partial charge < -0.3 is 4.74 Å². The summed E-state index contributed by atoms with van der Waals surface area (Å²) in [7, 11) is 0. The number of pyridine rings is 1. The molecule has 2 aromatic rings. The lowest BCUT2D eigenvalue weighted by atomic mass is 10.1. The van der Waals surface area contributed by atoms with Crippen molar-refractivity contribution < 1.29 is 17.9 Å². The topological polar surface area (TPSA) is 22.1 Å². The Kier molecular flexibility index (Phi) is 10.0. The van der Waals surface area contributed by atoms with Crippen molar-refractivity contribution in [3.05, 3.63) is 47.7 Å². The minimum absolute atomic E-state index is 0.0648. The molecule has 0 aliphatic heterocycles. The number of unbranched alkanes of at least 4 members (excludes halogenated alkanes) is 5. The zero-order valence-corrected chi connectivity index (χ0v) is 17.5. The highest BCUT2D eigenvalue weighted by atomic mass is 19.2. The van der Waals surface area contributed by atoms with Crippen LogP contribution in [0.25, 0.3) is 11.3 Å². The van der Waals surface area contributed by atoms with Crippen molar-refractivity contribution in [1.82, 2.24) is 4.98 Å². The van der Waals surface area contributed by atoms with Crippen LogP contribution in [0.1, 0.15) is 70.8 Å². The summed E-state index contributed by atoms with van der Waals surface area (Å²) in [6, 6.07) is 6.37. The third-order valence-corrected chi connectivity index (χ3v) is 5.09. The van der Waals surface area contributed by atoms with Crippen molar-refractivity contribution >= 4 is 0 Å². The summed E-state index contributed by atoms with van der Waals surface area (Å²) in [5.41, 5.74) is 1.32. The van der Waals surface area contributed by atoms with E-state index in [4.69, 9.17) is 4.74 Å². The van der Waals surface area contributed by atoms with Gasteiger partial charge in [-0.05, 0) is 49.4 Å². The molecular formula is C24H32F3NO. The van der Waals surface area contributed by atoms with Gasteiger partial charge in [0.1, 0.15) is 6.17 Å². The molecule has 0 saturated heterocycles. The number of aromatic nitrogens is 1. The minimum atomic E-state index is -0.984. The zero-order valence-electron chi connectivity index (χ0n) is 17.5. The molecule has 160 valence electrons. The standard InChI is InChI=1S/C24H32F3NO/c1-3-5-6-7-8-9-16-29-22-15-13-20(23(26)24(22)27)21-14-11-18(17-28-21)10-12-19(25)4-2/h11,13-15,17,19H,3-10,12,16H2,1-2H3. The Labute approximate surface area is 172 Å². The van der Waals surface area contributed by atoms with Crippen LogP contribution < -0.4 is 4.74 Å². The van der Waals surface area contributed by atoms with Gasteiger partial charge in [0.25, 0.3) is 0 Å². The molecule has 2 nitrogen and oxygen atoms in total. The molecule has 0 N–H and O–H groups in total.